The fourth-order valence-corrected chi connectivity index (χ4v) is 3.18. The molecule has 28 heavy (non-hydrogen) atoms. The number of anilines is 1. The third kappa shape index (κ3) is 4.73. The largest absolute Gasteiger partial charge is 0.465 e. The quantitative estimate of drug-likeness (QED) is 0.822. The topological polar surface area (TPSA) is 88.6 Å². The number of rotatable bonds is 4. The number of benzene rings is 1. The maximum atomic E-state index is 12.8. The Kier molecular flexibility index (Phi) is 6.37. The lowest BCUT2D eigenvalue weighted by Crippen LogP contribution is -2.32. The van der Waals surface area contributed by atoms with Crippen molar-refractivity contribution in [2.24, 2.45) is 0 Å². The molecule has 0 radical (unpaired) electrons. The summed E-state index contributed by atoms with van der Waals surface area (Å²) in [6.07, 6.45) is 5.74. The van der Waals surface area contributed by atoms with Crippen LogP contribution in [0.2, 0.25) is 0 Å². The summed E-state index contributed by atoms with van der Waals surface area (Å²) in [5.41, 5.74) is 1.37. The number of carbonyl (C=O) groups is 3. The summed E-state index contributed by atoms with van der Waals surface area (Å²) in [6.45, 7) is 1.48. The molecule has 0 unspecified atom stereocenters. The van der Waals surface area contributed by atoms with Gasteiger partial charge in [-0.3, -0.25) is 14.6 Å². The summed E-state index contributed by atoms with van der Waals surface area (Å²) in [4.78, 5) is 42.9. The minimum absolute atomic E-state index is 0.0777. The molecule has 7 heteroatoms. The molecule has 2 aromatic rings. The van der Waals surface area contributed by atoms with Crippen molar-refractivity contribution in [3.05, 3.63) is 59.4 Å². The van der Waals surface area contributed by atoms with Crippen LogP contribution in [0.3, 0.4) is 0 Å². The van der Waals surface area contributed by atoms with Crippen LogP contribution in [0.4, 0.5) is 5.69 Å². The van der Waals surface area contributed by atoms with Crippen LogP contribution in [0.25, 0.3) is 0 Å². The van der Waals surface area contributed by atoms with Crippen LogP contribution in [-0.2, 0) is 4.74 Å². The average Bonchev–Trinajstić information content (AvgIpc) is 3.02. The standard InChI is InChI=1S/C21H23N3O4/c1-28-21(27)16-7-6-8-17(13-16)23-19(25)18-14-15(9-10-22-18)20(26)24-11-4-2-3-5-12-24/h6-10,13-14H,2-5,11-12H2,1H3,(H,23,25). The number of aromatic nitrogens is 1. The highest BCUT2D eigenvalue weighted by Gasteiger charge is 2.19. The van der Waals surface area contributed by atoms with E-state index in [1.165, 1.54) is 25.4 Å². The molecule has 2 heterocycles. The van der Waals surface area contributed by atoms with Gasteiger partial charge in [0.1, 0.15) is 5.69 Å². The summed E-state index contributed by atoms with van der Waals surface area (Å²) in [7, 11) is 1.30. The van der Waals surface area contributed by atoms with E-state index in [9.17, 15) is 14.4 Å². The molecule has 1 aromatic heterocycles. The Morgan fingerprint density at radius 1 is 1.00 bits per heavy atom. The number of esters is 1. The summed E-state index contributed by atoms with van der Waals surface area (Å²) in [5, 5.41) is 2.70. The fraction of sp³-hybridized carbons (Fsp3) is 0.333. The molecule has 3 rings (SSSR count). The molecule has 1 fully saturated rings. The van der Waals surface area contributed by atoms with Gasteiger partial charge in [0.25, 0.3) is 11.8 Å². The van der Waals surface area contributed by atoms with Crippen LogP contribution in [0, 0.1) is 0 Å². The maximum Gasteiger partial charge on any atom is 0.337 e. The molecule has 0 atom stereocenters. The molecule has 0 saturated carbocycles. The van der Waals surface area contributed by atoms with E-state index < -0.39 is 11.9 Å². The van der Waals surface area contributed by atoms with Crippen molar-refractivity contribution in [2.45, 2.75) is 25.7 Å². The smallest absolute Gasteiger partial charge is 0.337 e. The molecule has 1 aliphatic rings. The normalized spacial score (nSPS) is 14.1. The summed E-state index contributed by atoms with van der Waals surface area (Å²) in [5.74, 6) is -1.02. The van der Waals surface area contributed by atoms with Gasteiger partial charge in [-0.2, -0.15) is 0 Å². The first-order valence-electron chi connectivity index (χ1n) is 9.33. The number of methoxy groups -OCH3 is 1. The first kappa shape index (κ1) is 19.5. The zero-order chi connectivity index (χ0) is 19.9. The first-order valence-corrected chi connectivity index (χ1v) is 9.33. The van der Waals surface area contributed by atoms with Crippen LogP contribution in [0.15, 0.2) is 42.6 Å². The average molecular weight is 381 g/mol. The van der Waals surface area contributed by atoms with Crippen molar-refractivity contribution < 1.29 is 19.1 Å². The zero-order valence-electron chi connectivity index (χ0n) is 15.8. The lowest BCUT2D eigenvalue weighted by molar-refractivity contribution is 0.0600. The molecule has 1 saturated heterocycles. The van der Waals surface area contributed by atoms with Gasteiger partial charge >= 0.3 is 5.97 Å². The number of ether oxygens (including phenoxy) is 1. The minimum atomic E-state index is -0.487. The molecule has 2 amide bonds. The van der Waals surface area contributed by atoms with E-state index in [0.717, 1.165) is 38.8 Å². The summed E-state index contributed by atoms with van der Waals surface area (Å²) >= 11 is 0. The monoisotopic (exact) mass is 381 g/mol. The van der Waals surface area contributed by atoms with Gasteiger partial charge in [-0.25, -0.2) is 4.79 Å². The molecule has 7 nitrogen and oxygen atoms in total. The van der Waals surface area contributed by atoms with E-state index in [1.807, 2.05) is 4.90 Å². The van der Waals surface area contributed by atoms with Gasteiger partial charge in [-0.15, -0.1) is 0 Å². The van der Waals surface area contributed by atoms with E-state index in [2.05, 4.69) is 15.0 Å². The van der Waals surface area contributed by atoms with Gasteiger partial charge in [0.05, 0.1) is 12.7 Å². The van der Waals surface area contributed by atoms with Gasteiger partial charge in [-0.05, 0) is 43.2 Å². The van der Waals surface area contributed by atoms with E-state index in [4.69, 9.17) is 0 Å². The van der Waals surface area contributed by atoms with Gasteiger partial charge in [0, 0.05) is 30.5 Å². The molecular weight excluding hydrogens is 358 g/mol. The molecule has 1 aliphatic heterocycles. The van der Waals surface area contributed by atoms with Crippen LogP contribution < -0.4 is 5.32 Å². The van der Waals surface area contributed by atoms with Crippen LogP contribution in [-0.4, -0.2) is 47.9 Å². The summed E-state index contributed by atoms with van der Waals surface area (Å²) in [6, 6.07) is 9.57. The lowest BCUT2D eigenvalue weighted by atomic mass is 10.1. The predicted octanol–water partition coefficient (Wildman–Crippen LogP) is 3.14. The van der Waals surface area contributed by atoms with E-state index in [-0.39, 0.29) is 11.6 Å². The Hall–Kier alpha value is -3.22. The molecule has 1 aromatic carbocycles. The number of pyridine rings is 1. The molecule has 0 aliphatic carbocycles. The van der Waals surface area contributed by atoms with Crippen molar-refractivity contribution in [2.75, 3.05) is 25.5 Å². The van der Waals surface area contributed by atoms with E-state index in [0.29, 0.717) is 16.8 Å². The van der Waals surface area contributed by atoms with Crippen molar-refractivity contribution in [3.63, 3.8) is 0 Å². The SMILES string of the molecule is COC(=O)c1cccc(NC(=O)c2cc(C(=O)N3CCCCCC3)ccn2)c1. The maximum absolute atomic E-state index is 12.8. The van der Waals surface area contributed by atoms with Crippen molar-refractivity contribution >= 4 is 23.5 Å². The second kappa shape index (κ2) is 9.12. The molecular formula is C21H23N3O4. The molecule has 146 valence electrons. The van der Waals surface area contributed by atoms with Gasteiger partial charge in [0.2, 0.25) is 0 Å². The van der Waals surface area contributed by atoms with Crippen molar-refractivity contribution in [1.29, 1.82) is 0 Å². The molecule has 0 spiro atoms. The van der Waals surface area contributed by atoms with E-state index >= 15 is 0 Å². The highest BCUT2D eigenvalue weighted by molar-refractivity contribution is 6.05. The van der Waals surface area contributed by atoms with E-state index in [1.54, 1.807) is 24.3 Å². The number of carbonyl (C=O) groups excluding carboxylic acids is 3. The number of hydrogen-bond acceptors (Lipinski definition) is 5. The molecule has 0 bridgehead atoms. The van der Waals surface area contributed by atoms with Crippen molar-refractivity contribution in [1.82, 2.24) is 9.88 Å². The predicted molar refractivity (Wildman–Crippen MR) is 104 cm³/mol. The highest BCUT2D eigenvalue weighted by atomic mass is 16.5. The number of nitrogens with zero attached hydrogens (tertiary/aromatic N) is 2. The summed E-state index contributed by atoms with van der Waals surface area (Å²) < 4.78 is 4.68. The molecule has 1 N–H and O–H groups in total. The Bertz CT molecular complexity index is 873. The third-order valence-electron chi connectivity index (χ3n) is 4.67. The van der Waals surface area contributed by atoms with Crippen molar-refractivity contribution in [3.8, 4) is 0 Å². The number of hydrogen-bond donors (Lipinski definition) is 1. The van der Waals surface area contributed by atoms with Crippen LogP contribution >= 0.6 is 0 Å². The van der Waals surface area contributed by atoms with Crippen LogP contribution in [0.1, 0.15) is 56.9 Å². The lowest BCUT2D eigenvalue weighted by Gasteiger charge is -2.20. The minimum Gasteiger partial charge on any atom is -0.465 e. The van der Waals surface area contributed by atoms with Gasteiger partial charge < -0.3 is 15.0 Å². The Morgan fingerprint density at radius 2 is 1.75 bits per heavy atom. The highest BCUT2D eigenvalue weighted by Crippen LogP contribution is 2.16. The Labute approximate surface area is 163 Å². The fourth-order valence-electron chi connectivity index (χ4n) is 3.18. The second-order valence-electron chi connectivity index (χ2n) is 6.66. The van der Waals surface area contributed by atoms with Gasteiger partial charge in [0.15, 0.2) is 0 Å². The zero-order valence-corrected chi connectivity index (χ0v) is 15.8. The number of likely N-dealkylation sites (tertiary alicyclic amines) is 1. The first-order chi connectivity index (χ1) is 13.6. The second-order valence-corrected chi connectivity index (χ2v) is 6.66. The Balaban J connectivity index is 1.73. The Morgan fingerprint density at radius 3 is 2.46 bits per heavy atom. The van der Waals surface area contributed by atoms with Crippen LogP contribution in [0.5, 0.6) is 0 Å². The number of nitrogens with one attached hydrogen (secondary N) is 1. The number of amides is 2. The van der Waals surface area contributed by atoms with Gasteiger partial charge in [-0.1, -0.05) is 18.9 Å². The third-order valence-corrected chi connectivity index (χ3v) is 4.67.